The van der Waals surface area contributed by atoms with Crippen LogP contribution in [0.4, 0.5) is 26.3 Å². The highest BCUT2D eigenvalue weighted by molar-refractivity contribution is 7.98. The lowest BCUT2D eigenvalue weighted by atomic mass is 9.75. The number of nitrogens with zero attached hydrogens (tertiary/aromatic N) is 4. The summed E-state index contributed by atoms with van der Waals surface area (Å²) in [5, 5.41) is 46.5. The molecule has 2 aromatic rings. The van der Waals surface area contributed by atoms with Crippen molar-refractivity contribution < 1.29 is 50.4 Å². The maximum Gasteiger partial charge on any atom is 0.416 e. The third-order valence-corrected chi connectivity index (χ3v) is 9.52. The van der Waals surface area contributed by atoms with Gasteiger partial charge in [-0.15, -0.1) is 0 Å². The molecule has 53 heavy (non-hydrogen) atoms. The van der Waals surface area contributed by atoms with E-state index in [0.717, 1.165) is 60.7 Å². The van der Waals surface area contributed by atoms with E-state index in [1.807, 2.05) is 0 Å². The zero-order valence-electron chi connectivity index (χ0n) is 27.6. The van der Waals surface area contributed by atoms with Crippen LogP contribution in [0.25, 0.3) is 0 Å². The Morgan fingerprint density at radius 3 is 1.38 bits per heavy atom. The first-order valence-electron chi connectivity index (χ1n) is 15.2. The first-order valence-corrected chi connectivity index (χ1v) is 18.0. The van der Waals surface area contributed by atoms with E-state index in [1.54, 1.807) is 24.6 Å². The minimum absolute atomic E-state index is 0.202. The van der Waals surface area contributed by atoms with E-state index in [4.69, 9.17) is 14.2 Å². The Bertz CT molecular complexity index is 1820. The average molecular weight is 783 g/mol. The molecule has 11 nitrogen and oxygen atoms in total. The van der Waals surface area contributed by atoms with Crippen LogP contribution in [-0.2, 0) is 37.6 Å². The van der Waals surface area contributed by atoms with Crippen molar-refractivity contribution >= 4 is 23.5 Å². The fraction of sp³-hybridized carbons (Fsp3) is 0.353. The van der Waals surface area contributed by atoms with Gasteiger partial charge >= 0.3 is 12.4 Å². The Hall–Kier alpha value is -4.82. The zero-order valence-corrected chi connectivity index (χ0v) is 29.3. The van der Waals surface area contributed by atoms with E-state index in [9.17, 15) is 57.1 Å². The number of ether oxygens (including phenoxy) is 3. The first kappa shape index (κ1) is 40.9. The maximum absolute atomic E-state index is 14.2. The lowest BCUT2D eigenvalue weighted by Crippen LogP contribution is -2.51. The second-order valence-electron chi connectivity index (χ2n) is 11.3. The summed E-state index contributed by atoms with van der Waals surface area (Å²) in [6.45, 7) is -0.549. The van der Waals surface area contributed by atoms with Crippen LogP contribution < -0.4 is 0 Å². The Labute approximate surface area is 306 Å². The monoisotopic (exact) mass is 782 g/mol. The van der Waals surface area contributed by atoms with Gasteiger partial charge in [0.15, 0.2) is 12.2 Å². The summed E-state index contributed by atoms with van der Waals surface area (Å²) in [6, 6.07) is 10.9. The van der Waals surface area contributed by atoms with Crippen molar-refractivity contribution in [2.75, 3.05) is 37.2 Å². The van der Waals surface area contributed by atoms with Crippen LogP contribution in [0.15, 0.2) is 95.5 Å². The Morgan fingerprint density at radius 1 is 0.717 bits per heavy atom. The molecule has 0 fully saturated rings. The molecule has 0 aromatic heterocycles. The number of halogens is 6. The number of alkyl halides is 6. The molecule has 19 heteroatoms. The van der Waals surface area contributed by atoms with E-state index in [-0.39, 0.29) is 24.7 Å². The van der Waals surface area contributed by atoms with Crippen molar-refractivity contribution in [1.82, 2.24) is 0 Å². The first-order chi connectivity index (χ1) is 25.1. The van der Waals surface area contributed by atoms with E-state index in [0.29, 0.717) is 12.1 Å². The van der Waals surface area contributed by atoms with Gasteiger partial charge in [-0.05, 0) is 36.8 Å². The Kier molecular flexibility index (Phi) is 12.7. The van der Waals surface area contributed by atoms with E-state index in [2.05, 4.69) is 0 Å². The standard InChI is InChI=1S/C34H28F6N4O7S2/c1-52-17-15-49-29-21(19-41)27(11-13-31(29,43(45)46)23-7-3-5-9-25(23)33(35,36)37)51-28-12-14-32(44(47)48,30(22(28)20-42)50-16-18-53-2)24-8-4-6-10-26(24)34(38,39)40/h3-14,29-30H,15-18H2,1-2H3. The van der Waals surface area contributed by atoms with Crippen LogP contribution in [0, 0.1) is 42.9 Å². The van der Waals surface area contributed by atoms with Gasteiger partial charge in [0, 0.05) is 44.6 Å². The number of nitro groups is 2. The SMILES string of the molecule is CSCCOC1C(C#N)=C(OC2=C(C#N)C(OCCSC)C(c3ccccc3C(F)(F)F)([N+](=O)[O-])C=C2)C=CC1(c1ccccc1C(F)(F)F)[N+](=O)[O-]. The lowest BCUT2D eigenvalue weighted by molar-refractivity contribution is -0.576. The number of nitriles is 2. The third-order valence-electron chi connectivity index (χ3n) is 8.37. The van der Waals surface area contributed by atoms with Crippen LogP contribution in [0.3, 0.4) is 0 Å². The van der Waals surface area contributed by atoms with Crippen molar-refractivity contribution in [2.24, 2.45) is 0 Å². The van der Waals surface area contributed by atoms with E-state index < -0.39 is 90.4 Å². The van der Waals surface area contributed by atoms with Gasteiger partial charge in [0.2, 0.25) is 0 Å². The molecule has 0 bridgehead atoms. The number of rotatable bonds is 14. The molecule has 4 unspecified atom stereocenters. The molecular formula is C34H28F6N4O7S2. The third kappa shape index (κ3) is 7.79. The number of hydrogen-bond donors (Lipinski definition) is 0. The van der Waals surface area contributed by atoms with Crippen LogP contribution in [0.1, 0.15) is 22.3 Å². The smallest absolute Gasteiger partial charge is 0.416 e. The summed E-state index contributed by atoms with van der Waals surface area (Å²) in [5.41, 5.74) is -11.4. The summed E-state index contributed by atoms with van der Waals surface area (Å²) in [7, 11) is 0. The molecule has 0 radical (unpaired) electrons. The molecule has 280 valence electrons. The fourth-order valence-electron chi connectivity index (χ4n) is 6.03. The zero-order chi connectivity index (χ0) is 39.2. The highest BCUT2D eigenvalue weighted by Crippen LogP contribution is 2.48. The number of benzene rings is 2. The summed E-state index contributed by atoms with van der Waals surface area (Å²) in [5.74, 6) is -0.673. The van der Waals surface area contributed by atoms with Crippen molar-refractivity contribution in [1.29, 1.82) is 10.5 Å². The summed E-state index contributed by atoms with van der Waals surface area (Å²) in [6.07, 6.45) is -7.68. The lowest BCUT2D eigenvalue weighted by Gasteiger charge is -2.36. The van der Waals surface area contributed by atoms with Crippen LogP contribution in [0.5, 0.6) is 0 Å². The number of thioether (sulfide) groups is 2. The van der Waals surface area contributed by atoms with Crippen molar-refractivity contribution in [2.45, 2.75) is 35.6 Å². The van der Waals surface area contributed by atoms with Crippen molar-refractivity contribution in [3.63, 3.8) is 0 Å². The summed E-state index contributed by atoms with van der Waals surface area (Å²) < 4.78 is 103. The number of hydrogen-bond acceptors (Lipinski definition) is 11. The molecule has 4 rings (SSSR count). The van der Waals surface area contributed by atoms with E-state index in [1.165, 1.54) is 23.5 Å². The van der Waals surface area contributed by atoms with Gasteiger partial charge in [-0.25, -0.2) is 0 Å². The van der Waals surface area contributed by atoms with Gasteiger partial charge in [0.1, 0.15) is 34.8 Å². The molecule has 0 amide bonds. The van der Waals surface area contributed by atoms with Gasteiger partial charge in [-0.1, -0.05) is 36.4 Å². The molecule has 0 saturated heterocycles. The maximum atomic E-state index is 14.2. The van der Waals surface area contributed by atoms with Crippen molar-refractivity contribution in [3.8, 4) is 12.1 Å². The quantitative estimate of drug-likeness (QED) is 0.0804. The van der Waals surface area contributed by atoms with Crippen LogP contribution in [-0.4, -0.2) is 59.3 Å². The second-order valence-corrected chi connectivity index (χ2v) is 13.3. The molecule has 2 aliphatic carbocycles. The topological polar surface area (TPSA) is 162 Å². The molecule has 2 aromatic carbocycles. The molecule has 0 saturated carbocycles. The highest BCUT2D eigenvalue weighted by Gasteiger charge is 2.60. The van der Waals surface area contributed by atoms with E-state index >= 15 is 0 Å². The molecule has 2 aliphatic rings. The van der Waals surface area contributed by atoms with Crippen LogP contribution >= 0.6 is 23.5 Å². The molecule has 0 N–H and O–H groups in total. The fourth-order valence-corrected chi connectivity index (χ4v) is 6.56. The van der Waals surface area contributed by atoms with Crippen LogP contribution in [0.2, 0.25) is 0 Å². The molecule has 0 heterocycles. The molecule has 4 atom stereocenters. The van der Waals surface area contributed by atoms with Gasteiger partial charge < -0.3 is 14.2 Å². The molecule has 0 spiro atoms. The largest absolute Gasteiger partial charge is 0.455 e. The van der Waals surface area contributed by atoms with Gasteiger partial charge in [-0.3, -0.25) is 20.2 Å². The van der Waals surface area contributed by atoms with Gasteiger partial charge in [0.05, 0.1) is 24.3 Å². The normalized spacial score (nSPS) is 23.1. The average Bonchev–Trinajstić information content (AvgIpc) is 3.11. The second kappa shape index (κ2) is 16.5. The Morgan fingerprint density at radius 2 is 1.08 bits per heavy atom. The predicted octanol–water partition coefficient (Wildman–Crippen LogP) is 7.58. The summed E-state index contributed by atoms with van der Waals surface area (Å²) in [4.78, 5) is 23.7. The minimum Gasteiger partial charge on any atom is -0.455 e. The number of allylic oxidation sites excluding steroid dienone is 2. The van der Waals surface area contributed by atoms with Gasteiger partial charge in [-0.2, -0.15) is 60.4 Å². The molecule has 0 aliphatic heterocycles. The van der Waals surface area contributed by atoms with Gasteiger partial charge in [0.25, 0.3) is 11.1 Å². The Balaban J connectivity index is 1.96. The minimum atomic E-state index is -5.07. The highest BCUT2D eigenvalue weighted by atomic mass is 32.2. The molecular weight excluding hydrogens is 755 g/mol. The van der Waals surface area contributed by atoms with Crippen molar-refractivity contribution in [3.05, 3.63) is 138 Å². The predicted molar refractivity (Wildman–Crippen MR) is 181 cm³/mol. The summed E-state index contributed by atoms with van der Waals surface area (Å²) >= 11 is 2.48.